The maximum absolute atomic E-state index is 13.4. The molecule has 3 N–H and O–H groups in total. The number of halogens is 1. The van der Waals surface area contributed by atoms with E-state index in [0.717, 1.165) is 34.3 Å². The topological polar surface area (TPSA) is 74.7 Å². The Kier molecular flexibility index (Phi) is 4.01. The van der Waals surface area contributed by atoms with Gasteiger partial charge in [-0.1, -0.05) is 0 Å². The third kappa shape index (κ3) is 3.02. The second-order valence-corrected chi connectivity index (χ2v) is 6.44. The molecule has 25 heavy (non-hydrogen) atoms. The minimum absolute atomic E-state index is 0.0295. The molecule has 4 rings (SSSR count). The Balaban J connectivity index is 1.42. The number of hydrogen-bond donors (Lipinski definition) is 3. The Morgan fingerprint density at radius 2 is 2.36 bits per heavy atom. The van der Waals surface area contributed by atoms with Crippen molar-refractivity contribution in [1.29, 1.82) is 0 Å². The van der Waals surface area contributed by atoms with Crippen LogP contribution in [-0.4, -0.2) is 33.8 Å². The molecule has 0 saturated heterocycles. The smallest absolute Gasteiger partial charge is 0.230 e. The third-order valence-electron chi connectivity index (χ3n) is 4.67. The van der Waals surface area contributed by atoms with E-state index in [1.54, 1.807) is 10.7 Å². The van der Waals surface area contributed by atoms with E-state index in [1.807, 2.05) is 19.4 Å². The number of carbonyl (C=O) groups is 1. The highest BCUT2D eigenvalue weighted by atomic mass is 19.1. The Morgan fingerprint density at radius 3 is 3.24 bits per heavy atom. The second-order valence-electron chi connectivity index (χ2n) is 6.44. The average molecular weight is 341 g/mol. The van der Waals surface area contributed by atoms with Gasteiger partial charge in [-0.2, -0.15) is 5.10 Å². The van der Waals surface area contributed by atoms with Gasteiger partial charge in [0, 0.05) is 55.5 Å². The number of nitrogens with zero attached hydrogens (tertiary/aromatic N) is 2. The lowest BCUT2D eigenvalue weighted by Gasteiger charge is -2.21. The lowest BCUT2D eigenvalue weighted by Crippen LogP contribution is -2.39. The predicted molar refractivity (Wildman–Crippen MR) is 92.6 cm³/mol. The average Bonchev–Trinajstić information content (AvgIpc) is 3.16. The molecule has 0 unspecified atom stereocenters. The van der Waals surface area contributed by atoms with Gasteiger partial charge in [0.25, 0.3) is 0 Å². The summed E-state index contributed by atoms with van der Waals surface area (Å²) in [5.41, 5.74) is 3.82. The normalized spacial score (nSPS) is 16.8. The maximum atomic E-state index is 13.4. The Hall–Kier alpha value is -2.67. The monoisotopic (exact) mass is 341 g/mol. The van der Waals surface area contributed by atoms with Crippen LogP contribution in [0.5, 0.6) is 0 Å². The summed E-state index contributed by atoms with van der Waals surface area (Å²) in [6.07, 6.45) is 4.46. The van der Waals surface area contributed by atoms with Crippen molar-refractivity contribution in [2.45, 2.75) is 18.9 Å². The first-order valence-corrected chi connectivity index (χ1v) is 8.38. The van der Waals surface area contributed by atoms with E-state index in [-0.39, 0.29) is 17.6 Å². The fraction of sp³-hybridized carbons (Fsp3) is 0.333. The van der Waals surface area contributed by atoms with Crippen LogP contribution in [0.3, 0.4) is 0 Å². The second kappa shape index (κ2) is 6.33. The quantitative estimate of drug-likeness (QED) is 0.675. The van der Waals surface area contributed by atoms with E-state index < -0.39 is 0 Å². The van der Waals surface area contributed by atoms with Crippen LogP contribution in [-0.2, 0) is 24.8 Å². The van der Waals surface area contributed by atoms with E-state index in [4.69, 9.17) is 0 Å². The van der Waals surface area contributed by atoms with Crippen LogP contribution in [0.2, 0.25) is 0 Å². The number of fused-ring (bicyclic) bond motifs is 2. The maximum Gasteiger partial charge on any atom is 0.230 e. The summed E-state index contributed by atoms with van der Waals surface area (Å²) < 4.78 is 15.2. The van der Waals surface area contributed by atoms with Crippen molar-refractivity contribution in [3.05, 3.63) is 53.2 Å². The van der Waals surface area contributed by atoms with Gasteiger partial charge in [0.1, 0.15) is 5.82 Å². The van der Waals surface area contributed by atoms with Gasteiger partial charge in [-0.25, -0.2) is 4.39 Å². The predicted octanol–water partition coefficient (Wildman–Crippen LogP) is 1.59. The summed E-state index contributed by atoms with van der Waals surface area (Å²) >= 11 is 0. The van der Waals surface area contributed by atoms with Crippen molar-refractivity contribution < 1.29 is 9.18 Å². The minimum atomic E-state index is -0.273. The number of carbonyl (C=O) groups excluding carboxylic acids is 1. The fourth-order valence-electron chi connectivity index (χ4n) is 3.45. The molecule has 3 heterocycles. The molecule has 130 valence electrons. The largest absolute Gasteiger partial charge is 0.361 e. The molecule has 1 atom stereocenters. The summed E-state index contributed by atoms with van der Waals surface area (Å²) in [5, 5.41) is 11.5. The molecule has 1 aromatic carbocycles. The van der Waals surface area contributed by atoms with Crippen LogP contribution in [0, 0.1) is 5.82 Å². The molecule has 7 heteroatoms. The van der Waals surface area contributed by atoms with Gasteiger partial charge in [-0.3, -0.25) is 9.48 Å². The van der Waals surface area contributed by atoms with Crippen molar-refractivity contribution in [2.75, 3.05) is 13.1 Å². The Labute approximate surface area is 144 Å². The molecule has 1 aliphatic rings. The standard InChI is InChI=1S/C18H20FN5O/c1-24-10-12-7-20-9-15(17(12)23-24)18(25)21-5-4-11-8-22-16-3-2-13(19)6-14(11)16/h2-3,6,8,10,15,20,22H,4-5,7,9H2,1H3,(H,21,25)/t15-/m1/s1. The van der Waals surface area contributed by atoms with E-state index in [1.165, 1.54) is 12.1 Å². The van der Waals surface area contributed by atoms with Crippen LogP contribution in [0.4, 0.5) is 4.39 Å². The van der Waals surface area contributed by atoms with Gasteiger partial charge in [0.2, 0.25) is 5.91 Å². The molecule has 1 amide bonds. The summed E-state index contributed by atoms with van der Waals surface area (Å²) in [4.78, 5) is 15.7. The number of aromatic nitrogens is 3. The molecule has 0 spiro atoms. The lowest BCUT2D eigenvalue weighted by atomic mass is 9.97. The number of aryl methyl sites for hydroxylation is 1. The van der Waals surface area contributed by atoms with Crippen LogP contribution < -0.4 is 10.6 Å². The summed E-state index contributed by atoms with van der Waals surface area (Å²) in [6.45, 7) is 1.84. The van der Waals surface area contributed by atoms with Crippen molar-refractivity contribution in [1.82, 2.24) is 25.4 Å². The first kappa shape index (κ1) is 15.8. The molecule has 3 aromatic rings. The first-order chi connectivity index (χ1) is 12.1. The van der Waals surface area contributed by atoms with Crippen molar-refractivity contribution in [3.63, 3.8) is 0 Å². The van der Waals surface area contributed by atoms with Gasteiger partial charge in [-0.15, -0.1) is 0 Å². The minimum Gasteiger partial charge on any atom is -0.361 e. The van der Waals surface area contributed by atoms with Gasteiger partial charge in [-0.05, 0) is 30.2 Å². The molecular weight excluding hydrogens is 321 g/mol. The van der Waals surface area contributed by atoms with Crippen LogP contribution in [0.25, 0.3) is 10.9 Å². The lowest BCUT2D eigenvalue weighted by molar-refractivity contribution is -0.122. The van der Waals surface area contributed by atoms with Crippen LogP contribution >= 0.6 is 0 Å². The third-order valence-corrected chi connectivity index (χ3v) is 4.67. The number of H-pyrrole nitrogens is 1. The molecule has 2 aromatic heterocycles. The first-order valence-electron chi connectivity index (χ1n) is 8.38. The van der Waals surface area contributed by atoms with Gasteiger partial charge >= 0.3 is 0 Å². The van der Waals surface area contributed by atoms with Gasteiger partial charge < -0.3 is 15.6 Å². The zero-order chi connectivity index (χ0) is 17.4. The number of rotatable bonds is 4. The zero-order valence-corrected chi connectivity index (χ0v) is 14.0. The van der Waals surface area contributed by atoms with Crippen molar-refractivity contribution in [3.8, 4) is 0 Å². The number of nitrogens with one attached hydrogen (secondary N) is 3. The summed E-state index contributed by atoms with van der Waals surface area (Å²) in [7, 11) is 1.86. The fourth-order valence-corrected chi connectivity index (χ4v) is 3.45. The molecule has 0 fully saturated rings. The number of aromatic amines is 1. The highest BCUT2D eigenvalue weighted by Crippen LogP contribution is 2.23. The van der Waals surface area contributed by atoms with Gasteiger partial charge in [0.15, 0.2) is 0 Å². The highest BCUT2D eigenvalue weighted by Gasteiger charge is 2.29. The van der Waals surface area contributed by atoms with E-state index >= 15 is 0 Å². The molecule has 0 saturated carbocycles. The van der Waals surface area contributed by atoms with E-state index in [9.17, 15) is 9.18 Å². The van der Waals surface area contributed by atoms with E-state index in [2.05, 4.69) is 20.7 Å². The summed E-state index contributed by atoms with van der Waals surface area (Å²) in [6, 6.07) is 4.68. The number of benzene rings is 1. The zero-order valence-electron chi connectivity index (χ0n) is 14.0. The van der Waals surface area contributed by atoms with Gasteiger partial charge in [0.05, 0.1) is 11.6 Å². The van der Waals surface area contributed by atoms with Crippen LogP contribution in [0.15, 0.2) is 30.6 Å². The van der Waals surface area contributed by atoms with E-state index in [0.29, 0.717) is 19.5 Å². The Bertz CT molecular complexity index is 929. The molecule has 1 aliphatic heterocycles. The SMILES string of the molecule is Cn1cc2c(n1)[C@H](C(=O)NCCc1c[nH]c3ccc(F)cc13)CNC2. The van der Waals surface area contributed by atoms with Crippen molar-refractivity contribution >= 4 is 16.8 Å². The Morgan fingerprint density at radius 1 is 1.48 bits per heavy atom. The number of hydrogen-bond acceptors (Lipinski definition) is 3. The molecule has 0 aliphatic carbocycles. The molecule has 0 radical (unpaired) electrons. The molecule has 6 nitrogen and oxygen atoms in total. The van der Waals surface area contributed by atoms with Crippen LogP contribution in [0.1, 0.15) is 22.7 Å². The summed E-state index contributed by atoms with van der Waals surface area (Å²) in [5.74, 6) is -0.558. The molecule has 0 bridgehead atoms. The highest BCUT2D eigenvalue weighted by molar-refractivity contribution is 5.85. The van der Waals surface area contributed by atoms with Crippen molar-refractivity contribution in [2.24, 2.45) is 7.05 Å². The molecular formula is C18H20FN5O. The number of amides is 1.